The third-order valence-electron chi connectivity index (χ3n) is 3.58. The third-order valence-corrected chi connectivity index (χ3v) is 3.87. The molecule has 1 unspecified atom stereocenters. The van der Waals surface area contributed by atoms with E-state index in [1.807, 2.05) is 6.92 Å². The number of nitrogens with zero attached hydrogens (tertiary/aromatic N) is 2. The molecule has 0 radical (unpaired) electrons. The van der Waals surface area contributed by atoms with Crippen molar-refractivity contribution in [2.45, 2.75) is 39.2 Å². The van der Waals surface area contributed by atoms with Gasteiger partial charge in [0.2, 0.25) is 0 Å². The lowest BCUT2D eigenvalue weighted by atomic mass is 10.1. The number of hydrogen-bond donors (Lipinski definition) is 3. The molecule has 1 amide bonds. The number of amides is 1. The van der Waals surface area contributed by atoms with Gasteiger partial charge in [-0.3, -0.25) is 25.0 Å². The minimum atomic E-state index is -1.01. The molecule has 3 N–H and O–H groups in total. The van der Waals surface area contributed by atoms with E-state index in [0.717, 1.165) is 0 Å². The van der Waals surface area contributed by atoms with Gasteiger partial charge in [-0.2, -0.15) is 5.48 Å². The predicted molar refractivity (Wildman–Crippen MR) is 102 cm³/mol. The molecule has 27 heavy (non-hydrogen) atoms. The topological polar surface area (TPSA) is 149 Å². The van der Waals surface area contributed by atoms with Crippen LogP contribution in [-0.2, 0) is 16.1 Å². The van der Waals surface area contributed by atoms with Gasteiger partial charge >= 0.3 is 0 Å². The van der Waals surface area contributed by atoms with Crippen LogP contribution >= 0.6 is 12.2 Å². The van der Waals surface area contributed by atoms with Crippen molar-refractivity contribution >= 4 is 40.4 Å². The maximum Gasteiger partial charge on any atom is 0.299 e. The standard InChI is InChI=1S/C15H21N5O6S/c1-4-6-9-7-11(19(22)23)13(12(8-9)20(24)25)17-10(5-2)14(21)18-26-15(27)16-3/h7-8,10,17H,4-6H2,1-3H3,(H,16,27)(H,18,21). The Hall–Kier alpha value is -3.02. The Morgan fingerprint density at radius 3 is 2.19 bits per heavy atom. The van der Waals surface area contributed by atoms with Gasteiger partial charge in [0, 0.05) is 19.2 Å². The van der Waals surface area contributed by atoms with Gasteiger partial charge in [0.25, 0.3) is 22.5 Å². The molecule has 0 aliphatic rings. The van der Waals surface area contributed by atoms with Gasteiger partial charge in [0.05, 0.1) is 9.85 Å². The molecule has 0 aliphatic carbocycles. The van der Waals surface area contributed by atoms with Crippen molar-refractivity contribution in [1.82, 2.24) is 10.8 Å². The second-order valence-electron chi connectivity index (χ2n) is 5.48. The summed E-state index contributed by atoms with van der Waals surface area (Å²) < 4.78 is 0. The van der Waals surface area contributed by atoms with Crippen LogP contribution < -0.4 is 16.1 Å². The van der Waals surface area contributed by atoms with E-state index < -0.39 is 33.2 Å². The molecule has 1 atom stereocenters. The van der Waals surface area contributed by atoms with E-state index in [1.165, 1.54) is 19.2 Å². The van der Waals surface area contributed by atoms with Crippen LogP contribution in [0.3, 0.4) is 0 Å². The highest BCUT2D eigenvalue weighted by atomic mass is 32.1. The van der Waals surface area contributed by atoms with Crippen LogP contribution in [0.1, 0.15) is 32.3 Å². The van der Waals surface area contributed by atoms with Gasteiger partial charge in [0.1, 0.15) is 6.04 Å². The maximum atomic E-state index is 12.2. The zero-order valence-corrected chi connectivity index (χ0v) is 15.9. The number of rotatable bonds is 8. The van der Waals surface area contributed by atoms with E-state index in [9.17, 15) is 25.0 Å². The highest BCUT2D eigenvalue weighted by Crippen LogP contribution is 2.36. The zero-order valence-electron chi connectivity index (χ0n) is 15.1. The Kier molecular flexibility index (Phi) is 8.33. The Morgan fingerprint density at radius 1 is 1.22 bits per heavy atom. The first-order valence-corrected chi connectivity index (χ1v) is 8.56. The second kappa shape index (κ2) is 10.2. The quantitative estimate of drug-likeness (QED) is 0.340. The van der Waals surface area contributed by atoms with E-state index in [1.54, 1.807) is 6.92 Å². The van der Waals surface area contributed by atoms with Crippen LogP contribution in [0.15, 0.2) is 12.1 Å². The van der Waals surface area contributed by atoms with Gasteiger partial charge in [0.15, 0.2) is 5.69 Å². The molecule has 1 rings (SSSR count). The summed E-state index contributed by atoms with van der Waals surface area (Å²) in [6.45, 7) is 3.49. The molecule has 11 nitrogen and oxygen atoms in total. The largest absolute Gasteiger partial charge is 0.362 e. The lowest BCUT2D eigenvalue weighted by Crippen LogP contribution is -2.41. The first-order valence-electron chi connectivity index (χ1n) is 8.15. The van der Waals surface area contributed by atoms with Gasteiger partial charge in [-0.25, -0.2) is 0 Å². The van der Waals surface area contributed by atoms with Gasteiger partial charge in [-0.1, -0.05) is 20.3 Å². The Morgan fingerprint density at radius 2 is 1.78 bits per heavy atom. The number of nitro groups is 2. The van der Waals surface area contributed by atoms with E-state index >= 15 is 0 Å². The maximum absolute atomic E-state index is 12.2. The summed E-state index contributed by atoms with van der Waals surface area (Å²) in [6, 6.07) is 1.53. The monoisotopic (exact) mass is 399 g/mol. The summed E-state index contributed by atoms with van der Waals surface area (Å²) in [4.78, 5) is 38.4. The first kappa shape index (κ1) is 22.0. The van der Waals surface area contributed by atoms with Crippen LogP contribution in [0.2, 0.25) is 0 Å². The van der Waals surface area contributed by atoms with Crippen molar-refractivity contribution in [3.05, 3.63) is 37.9 Å². The number of anilines is 1. The summed E-state index contributed by atoms with van der Waals surface area (Å²) in [7, 11) is 1.49. The smallest absolute Gasteiger partial charge is 0.299 e. The number of nitrogens with one attached hydrogen (secondary N) is 3. The molecule has 0 saturated heterocycles. The molecule has 0 fully saturated rings. The first-order chi connectivity index (χ1) is 12.7. The number of aryl methyl sites for hydroxylation is 1. The number of carbonyl (C=O) groups is 1. The lowest BCUT2D eigenvalue weighted by molar-refractivity contribution is -0.392. The van der Waals surface area contributed by atoms with Gasteiger partial charge < -0.3 is 15.5 Å². The molecular weight excluding hydrogens is 378 g/mol. The minimum absolute atomic E-state index is 0.0842. The molecule has 0 saturated carbocycles. The minimum Gasteiger partial charge on any atom is -0.362 e. The fourth-order valence-corrected chi connectivity index (χ4v) is 2.33. The van der Waals surface area contributed by atoms with Crippen molar-refractivity contribution in [2.24, 2.45) is 0 Å². The number of hydroxylamine groups is 1. The van der Waals surface area contributed by atoms with Gasteiger partial charge in [-0.15, -0.1) is 0 Å². The summed E-state index contributed by atoms with van der Waals surface area (Å²) in [5, 5.41) is 27.9. The van der Waals surface area contributed by atoms with Crippen LogP contribution in [0.4, 0.5) is 17.1 Å². The van der Waals surface area contributed by atoms with Crippen molar-refractivity contribution in [3.8, 4) is 0 Å². The van der Waals surface area contributed by atoms with E-state index in [0.29, 0.717) is 18.4 Å². The van der Waals surface area contributed by atoms with Crippen molar-refractivity contribution < 1.29 is 19.5 Å². The highest BCUT2D eigenvalue weighted by Gasteiger charge is 2.30. The average molecular weight is 399 g/mol. The number of hydrogen-bond acceptors (Lipinski definition) is 8. The molecule has 1 aromatic rings. The Labute approximate surface area is 160 Å². The molecular formula is C15H21N5O6S. The van der Waals surface area contributed by atoms with E-state index in [-0.39, 0.29) is 17.3 Å². The molecule has 12 heteroatoms. The molecule has 0 aliphatic heterocycles. The number of carbonyl (C=O) groups excluding carboxylic acids is 1. The normalized spacial score (nSPS) is 11.2. The third kappa shape index (κ3) is 6.02. The fourth-order valence-electron chi connectivity index (χ4n) is 2.28. The van der Waals surface area contributed by atoms with E-state index in [4.69, 9.17) is 17.1 Å². The summed E-state index contributed by atoms with van der Waals surface area (Å²) >= 11 is 4.73. The molecule has 0 spiro atoms. The number of benzene rings is 1. The average Bonchev–Trinajstić information content (AvgIpc) is 2.63. The number of thiocarbonyl (C=S) groups is 1. The van der Waals surface area contributed by atoms with Crippen molar-refractivity contribution in [2.75, 3.05) is 12.4 Å². The molecule has 1 aromatic carbocycles. The molecule has 148 valence electrons. The van der Waals surface area contributed by atoms with Crippen LogP contribution in [0, 0.1) is 20.2 Å². The molecule has 0 heterocycles. The Balaban J connectivity index is 3.24. The van der Waals surface area contributed by atoms with Crippen LogP contribution in [-0.4, -0.2) is 34.0 Å². The summed E-state index contributed by atoms with van der Waals surface area (Å²) in [6.07, 6.45) is 1.31. The van der Waals surface area contributed by atoms with Crippen LogP contribution in [0.25, 0.3) is 0 Å². The lowest BCUT2D eigenvalue weighted by Gasteiger charge is -2.18. The Bertz CT molecular complexity index is 706. The molecule has 0 bridgehead atoms. The number of nitro benzene ring substituents is 2. The van der Waals surface area contributed by atoms with E-state index in [2.05, 4.69) is 16.1 Å². The highest BCUT2D eigenvalue weighted by molar-refractivity contribution is 7.80. The zero-order chi connectivity index (χ0) is 20.6. The SMILES string of the molecule is CCCc1cc([N+](=O)[O-])c(NC(CC)C(=O)NOC(=S)NC)c([N+](=O)[O-])c1. The van der Waals surface area contributed by atoms with Gasteiger partial charge in [-0.05, 0) is 30.6 Å². The summed E-state index contributed by atoms with van der Waals surface area (Å²) in [5.74, 6) is -0.684. The second-order valence-corrected chi connectivity index (χ2v) is 5.86. The fraction of sp³-hybridized carbons (Fsp3) is 0.467. The summed E-state index contributed by atoms with van der Waals surface area (Å²) in [5.41, 5.74) is 1.30. The predicted octanol–water partition coefficient (Wildman–Crippen LogP) is 2.20. The molecule has 0 aromatic heterocycles. The van der Waals surface area contributed by atoms with Crippen molar-refractivity contribution in [1.29, 1.82) is 0 Å². The van der Waals surface area contributed by atoms with Crippen LogP contribution in [0.5, 0.6) is 0 Å². The van der Waals surface area contributed by atoms with Crippen molar-refractivity contribution in [3.63, 3.8) is 0 Å².